The number of carbonyl (C=O) groups is 1. The summed E-state index contributed by atoms with van der Waals surface area (Å²) in [4.78, 5) is 19.8. The van der Waals surface area contributed by atoms with Gasteiger partial charge in [0.15, 0.2) is 0 Å². The van der Waals surface area contributed by atoms with E-state index in [1.54, 1.807) is 7.11 Å². The van der Waals surface area contributed by atoms with Crippen LogP contribution in [0.3, 0.4) is 0 Å². The van der Waals surface area contributed by atoms with E-state index >= 15 is 0 Å². The Morgan fingerprint density at radius 1 is 0.943 bits per heavy atom. The van der Waals surface area contributed by atoms with E-state index in [4.69, 9.17) is 14.5 Å². The second-order valence-corrected chi connectivity index (χ2v) is 9.01. The molecule has 6 heteroatoms. The van der Waals surface area contributed by atoms with Gasteiger partial charge in [0.2, 0.25) is 5.91 Å². The smallest absolute Gasteiger partial charge is 0.223 e. The van der Waals surface area contributed by atoms with Crippen LogP contribution in [0.5, 0.6) is 11.5 Å². The number of hydrogen-bond donors (Lipinski definition) is 0. The molecule has 1 aliphatic heterocycles. The Kier molecular flexibility index (Phi) is 6.98. The van der Waals surface area contributed by atoms with Crippen LogP contribution in [0.25, 0.3) is 11.0 Å². The zero-order chi connectivity index (χ0) is 24.0. The molecular formula is C29H31N3O3. The molecule has 1 atom stereocenters. The molecule has 3 aromatic carbocycles. The molecule has 35 heavy (non-hydrogen) atoms. The first-order valence-electron chi connectivity index (χ1n) is 12.2. The Balaban J connectivity index is 1.25. The molecule has 1 fully saturated rings. The van der Waals surface area contributed by atoms with E-state index in [1.165, 1.54) is 0 Å². The molecule has 180 valence electrons. The van der Waals surface area contributed by atoms with E-state index in [9.17, 15) is 4.79 Å². The van der Waals surface area contributed by atoms with E-state index in [0.717, 1.165) is 53.3 Å². The molecule has 6 nitrogen and oxygen atoms in total. The number of likely N-dealkylation sites (tertiary alicyclic amines) is 1. The lowest BCUT2D eigenvalue weighted by molar-refractivity contribution is -0.128. The molecule has 1 aromatic heterocycles. The first-order valence-corrected chi connectivity index (χ1v) is 12.2. The van der Waals surface area contributed by atoms with Crippen molar-refractivity contribution in [3.63, 3.8) is 0 Å². The lowest BCUT2D eigenvalue weighted by Gasteiger charge is -2.17. The van der Waals surface area contributed by atoms with Crippen molar-refractivity contribution in [2.45, 2.75) is 38.3 Å². The molecule has 0 saturated carbocycles. The summed E-state index contributed by atoms with van der Waals surface area (Å²) in [7, 11) is 1.66. The Labute approximate surface area is 206 Å². The van der Waals surface area contributed by atoms with Crippen molar-refractivity contribution >= 4 is 16.9 Å². The summed E-state index contributed by atoms with van der Waals surface area (Å²) in [5, 5.41) is 0. The third-order valence-electron chi connectivity index (χ3n) is 6.57. The number of unbranched alkanes of at least 4 members (excludes halogenated alkanes) is 1. The topological polar surface area (TPSA) is 56.6 Å². The number of hydrogen-bond acceptors (Lipinski definition) is 4. The highest BCUT2D eigenvalue weighted by Crippen LogP contribution is 2.31. The van der Waals surface area contributed by atoms with Crippen LogP contribution in [0.15, 0.2) is 78.9 Å². The van der Waals surface area contributed by atoms with Crippen LogP contribution < -0.4 is 9.47 Å². The number of imidazole rings is 1. The summed E-state index contributed by atoms with van der Waals surface area (Å²) in [5.74, 6) is 2.94. The van der Waals surface area contributed by atoms with Gasteiger partial charge in [-0.2, -0.15) is 0 Å². The molecule has 1 aliphatic rings. The van der Waals surface area contributed by atoms with Gasteiger partial charge in [-0.05, 0) is 42.7 Å². The van der Waals surface area contributed by atoms with Gasteiger partial charge < -0.3 is 18.9 Å². The molecule has 1 amide bonds. The first-order chi connectivity index (χ1) is 17.2. The third kappa shape index (κ3) is 5.32. The summed E-state index contributed by atoms with van der Waals surface area (Å²) in [6.45, 7) is 2.84. The Bertz CT molecular complexity index is 1280. The van der Waals surface area contributed by atoms with Crippen LogP contribution >= 0.6 is 0 Å². The largest absolute Gasteiger partial charge is 0.497 e. The number of nitrogens with zero attached hydrogens (tertiary/aromatic N) is 3. The maximum absolute atomic E-state index is 12.8. The minimum absolute atomic E-state index is 0.103. The van der Waals surface area contributed by atoms with E-state index in [-0.39, 0.29) is 11.8 Å². The highest BCUT2D eigenvalue weighted by molar-refractivity contribution is 5.81. The molecular weight excluding hydrogens is 438 g/mol. The van der Waals surface area contributed by atoms with Gasteiger partial charge in [-0.15, -0.1) is 0 Å². The quantitative estimate of drug-likeness (QED) is 0.291. The Hall–Kier alpha value is -3.80. The van der Waals surface area contributed by atoms with Gasteiger partial charge in [0.05, 0.1) is 24.8 Å². The maximum atomic E-state index is 12.8. The standard InChI is InChI=1S/C29H31N3O3/c1-34-24-12-9-13-25(19-24)35-17-8-7-16-32-27-15-6-5-14-26(27)30-29(32)23-18-28(33)31(21-23)20-22-10-3-2-4-11-22/h2-6,9-15,19,23H,7-8,16-18,20-21H2,1H3/t23-/m0/s1. The number of rotatable bonds is 10. The van der Waals surface area contributed by atoms with Crippen molar-refractivity contribution in [3.8, 4) is 11.5 Å². The van der Waals surface area contributed by atoms with E-state index in [1.807, 2.05) is 53.4 Å². The lowest BCUT2D eigenvalue weighted by atomic mass is 10.1. The van der Waals surface area contributed by atoms with Crippen molar-refractivity contribution in [3.05, 3.63) is 90.3 Å². The molecule has 0 bridgehead atoms. The summed E-state index contributed by atoms with van der Waals surface area (Å²) in [6.07, 6.45) is 2.40. The minimum Gasteiger partial charge on any atom is -0.497 e. The number of aromatic nitrogens is 2. The molecule has 2 heterocycles. The van der Waals surface area contributed by atoms with Gasteiger partial charge in [0.1, 0.15) is 17.3 Å². The number of fused-ring (bicyclic) bond motifs is 1. The van der Waals surface area contributed by atoms with Crippen molar-refractivity contribution in [1.29, 1.82) is 0 Å². The number of amides is 1. The molecule has 0 unspecified atom stereocenters. The average Bonchev–Trinajstić information content (AvgIpc) is 3.44. The fourth-order valence-electron chi connectivity index (χ4n) is 4.80. The van der Waals surface area contributed by atoms with Crippen LogP contribution in [0.2, 0.25) is 0 Å². The minimum atomic E-state index is 0.103. The van der Waals surface area contributed by atoms with Crippen LogP contribution in [0.1, 0.15) is 36.6 Å². The number of carbonyl (C=O) groups excluding carboxylic acids is 1. The lowest BCUT2D eigenvalue weighted by Crippen LogP contribution is -2.24. The molecule has 0 aliphatic carbocycles. The van der Waals surface area contributed by atoms with E-state index < -0.39 is 0 Å². The highest BCUT2D eigenvalue weighted by atomic mass is 16.5. The van der Waals surface area contributed by atoms with Gasteiger partial charge in [-0.1, -0.05) is 48.5 Å². The van der Waals surface area contributed by atoms with Crippen LogP contribution in [-0.2, 0) is 17.9 Å². The highest BCUT2D eigenvalue weighted by Gasteiger charge is 2.33. The zero-order valence-electron chi connectivity index (χ0n) is 20.1. The van der Waals surface area contributed by atoms with E-state index in [0.29, 0.717) is 26.1 Å². The summed E-state index contributed by atoms with van der Waals surface area (Å²) in [6, 6.07) is 26.1. The first kappa shape index (κ1) is 23.0. The monoisotopic (exact) mass is 469 g/mol. The number of ether oxygens (including phenoxy) is 2. The fourth-order valence-corrected chi connectivity index (χ4v) is 4.80. The van der Waals surface area contributed by atoms with Gasteiger partial charge >= 0.3 is 0 Å². The average molecular weight is 470 g/mol. The second kappa shape index (κ2) is 10.6. The molecule has 0 N–H and O–H groups in total. The van der Waals surface area contributed by atoms with E-state index in [2.05, 4.69) is 34.9 Å². The van der Waals surface area contributed by atoms with Crippen LogP contribution in [-0.4, -0.2) is 40.6 Å². The predicted molar refractivity (Wildman–Crippen MR) is 137 cm³/mol. The molecule has 5 rings (SSSR count). The summed E-state index contributed by atoms with van der Waals surface area (Å²) < 4.78 is 13.5. The van der Waals surface area contributed by atoms with Gasteiger partial charge in [-0.25, -0.2) is 4.98 Å². The molecule has 1 saturated heterocycles. The van der Waals surface area contributed by atoms with Crippen LogP contribution in [0, 0.1) is 0 Å². The molecule has 4 aromatic rings. The van der Waals surface area contributed by atoms with Gasteiger partial charge in [0.25, 0.3) is 0 Å². The number of para-hydroxylation sites is 2. The van der Waals surface area contributed by atoms with Gasteiger partial charge in [0, 0.05) is 38.0 Å². The zero-order valence-corrected chi connectivity index (χ0v) is 20.1. The number of benzene rings is 3. The number of methoxy groups -OCH3 is 1. The fraction of sp³-hybridized carbons (Fsp3) is 0.310. The Morgan fingerprint density at radius 3 is 2.60 bits per heavy atom. The normalized spacial score (nSPS) is 15.6. The molecule has 0 radical (unpaired) electrons. The second-order valence-electron chi connectivity index (χ2n) is 9.01. The van der Waals surface area contributed by atoms with Crippen molar-refractivity contribution in [1.82, 2.24) is 14.5 Å². The molecule has 0 spiro atoms. The maximum Gasteiger partial charge on any atom is 0.223 e. The summed E-state index contributed by atoms with van der Waals surface area (Å²) >= 11 is 0. The predicted octanol–water partition coefficient (Wildman–Crippen LogP) is 5.42. The van der Waals surface area contributed by atoms with Crippen molar-refractivity contribution < 1.29 is 14.3 Å². The van der Waals surface area contributed by atoms with Crippen molar-refractivity contribution in [2.75, 3.05) is 20.3 Å². The van der Waals surface area contributed by atoms with Gasteiger partial charge in [-0.3, -0.25) is 4.79 Å². The van der Waals surface area contributed by atoms with Crippen molar-refractivity contribution in [2.24, 2.45) is 0 Å². The SMILES string of the molecule is COc1cccc(OCCCCn2c([C@H]3CC(=O)N(Cc4ccccc4)C3)nc3ccccc32)c1. The Morgan fingerprint density at radius 2 is 1.74 bits per heavy atom. The third-order valence-corrected chi connectivity index (χ3v) is 6.57. The number of aryl methyl sites for hydroxylation is 1. The summed E-state index contributed by atoms with van der Waals surface area (Å²) in [5.41, 5.74) is 3.28. The van der Waals surface area contributed by atoms with Crippen LogP contribution in [0.4, 0.5) is 0 Å².